The van der Waals surface area contributed by atoms with Gasteiger partial charge >= 0.3 is 75.6 Å². The Morgan fingerprint density at radius 3 is 1.50 bits per heavy atom. The van der Waals surface area contributed by atoms with E-state index in [4.69, 9.17) is 19.1 Å². The summed E-state index contributed by atoms with van der Waals surface area (Å²) >= 11 is 0. The second-order valence-electron chi connectivity index (χ2n) is 1.40. The van der Waals surface area contributed by atoms with Crippen molar-refractivity contribution in [1.29, 1.82) is 0 Å². The van der Waals surface area contributed by atoms with E-state index < -0.39 is 24.3 Å². The molecule has 0 saturated heterocycles. The molecule has 0 aliphatic rings. The first-order valence-corrected chi connectivity index (χ1v) is 5.12. The van der Waals surface area contributed by atoms with Gasteiger partial charge in [0.05, 0.1) is 0 Å². The van der Waals surface area contributed by atoms with Gasteiger partial charge < -0.3 is 21.3 Å². The molecule has 0 aromatic carbocycles. The van der Waals surface area contributed by atoms with Gasteiger partial charge in [0, 0.05) is 0 Å². The van der Waals surface area contributed by atoms with Crippen molar-refractivity contribution in [1.82, 2.24) is 0 Å². The number of hydrogen-bond acceptors (Lipinski definition) is 5. The summed E-state index contributed by atoms with van der Waals surface area (Å²) in [5.74, 6) is 0. The van der Waals surface area contributed by atoms with Crippen LogP contribution in [-0.4, -0.2) is 80.2 Å². The molecule has 7 N–H and O–H groups in total. The van der Waals surface area contributed by atoms with Gasteiger partial charge in [-0.25, -0.2) is 9.36 Å². The number of urea groups is 1. The fourth-order valence-corrected chi connectivity index (χ4v) is 1.10. The third-order valence-corrected chi connectivity index (χ3v) is 1.72. The molecule has 0 aliphatic heterocycles. The van der Waals surface area contributed by atoms with Crippen molar-refractivity contribution in [2.24, 2.45) is 11.5 Å². The molecule has 82 valence electrons. The number of primary amides is 2. The Hall–Kier alpha value is 0.926. The molecule has 0 aliphatic carbocycles. The average molecular weight is 278 g/mol. The van der Waals surface area contributed by atoms with Crippen molar-refractivity contribution >= 4 is 75.6 Å². The van der Waals surface area contributed by atoms with Gasteiger partial charge in [-0.15, -0.1) is 3.97 Å². The Morgan fingerprint density at radius 2 is 1.50 bits per heavy atom. The molecule has 0 fully saturated rings. The first-order valence-electron chi connectivity index (χ1n) is 2.23. The molecule has 0 radical (unpaired) electrons. The molecule has 0 aromatic rings. The summed E-state index contributed by atoms with van der Waals surface area (Å²) in [4.78, 5) is 24.4. The van der Waals surface area contributed by atoms with E-state index in [0.717, 1.165) is 0 Å². The number of phosphoric acid groups is 1. The fourth-order valence-electron chi connectivity index (χ4n) is 0.123. The third-order valence-electron chi connectivity index (χ3n) is 0.191. The van der Waals surface area contributed by atoms with Crippen LogP contribution in [0, 0.1) is 0 Å². The molecular weight excluding hydrogens is 270 g/mol. The number of nitrogens with two attached hydrogens (primary N) is 2. The molecule has 0 heterocycles. The zero-order chi connectivity index (χ0) is 11.3. The van der Waals surface area contributed by atoms with E-state index in [0.29, 0.717) is 0 Å². The molecule has 0 atom stereocenters. The summed E-state index contributed by atoms with van der Waals surface area (Å²) in [6.07, 6.45) is 0. The van der Waals surface area contributed by atoms with Crippen LogP contribution in [0.2, 0.25) is 0 Å². The number of rotatable bonds is 2. The maximum atomic E-state index is 9.58. The van der Waals surface area contributed by atoms with Crippen LogP contribution >= 0.6 is 7.82 Å². The molecule has 0 aromatic heterocycles. The zero-order valence-corrected chi connectivity index (χ0v) is 7.60. The summed E-state index contributed by atoms with van der Waals surface area (Å²) in [5.41, 5.74) is 8.50. The Balaban J connectivity index is -0.000000209. The summed E-state index contributed by atoms with van der Waals surface area (Å²) in [5, 5.41) is 0. The Morgan fingerprint density at radius 1 is 1.29 bits per heavy atom. The van der Waals surface area contributed by atoms with Crippen LogP contribution < -0.4 is 11.5 Å². The van der Waals surface area contributed by atoms with E-state index >= 15 is 0 Å². The molecule has 14 heavy (non-hydrogen) atoms. The van der Waals surface area contributed by atoms with Gasteiger partial charge in [0.25, 0.3) is 0 Å². The molecule has 0 unspecified atom stereocenters. The normalized spacial score (nSPS) is 10.5. The van der Waals surface area contributed by atoms with Gasteiger partial charge in [-0.3, -0.25) is 4.55 Å². The van der Waals surface area contributed by atoms with Crippen molar-refractivity contribution in [3.63, 3.8) is 0 Å². The predicted molar refractivity (Wildman–Crippen MR) is 45.6 cm³/mol. The number of amides is 2. The minimum absolute atomic E-state index is 0. The second-order valence-corrected chi connectivity index (χ2v) is 3.83. The SMILES string of the molecule is NC(N)=O.O=P(O)(O)OS(=O)(=O)O.[KH]. The standard InChI is InChI=1S/CH4N2O.K.H3O7PS.H/c2-1(3)4;;1-8(2,3)7-9(4,5)6;/h(H4,2,3,4);;(H2,1,2,3)(H,4,5,6);. The molecule has 2 amide bonds. The van der Waals surface area contributed by atoms with Gasteiger partial charge in [-0.2, -0.15) is 8.42 Å². The number of hydrogen-bond donors (Lipinski definition) is 5. The zero-order valence-electron chi connectivity index (χ0n) is 5.89. The van der Waals surface area contributed by atoms with Crippen molar-refractivity contribution in [2.45, 2.75) is 0 Å². The average Bonchev–Trinajstić information content (AvgIpc) is 1.47. The van der Waals surface area contributed by atoms with E-state index in [1.807, 2.05) is 0 Å². The number of carbonyl (C=O) groups excluding carboxylic acids is 1. The van der Waals surface area contributed by atoms with Crippen LogP contribution in [0.3, 0.4) is 0 Å². The summed E-state index contributed by atoms with van der Waals surface area (Å²) in [6.45, 7) is 0. The van der Waals surface area contributed by atoms with Crippen LogP contribution in [0.5, 0.6) is 0 Å². The minimum atomic E-state index is -5.13. The van der Waals surface area contributed by atoms with Crippen LogP contribution in [0.15, 0.2) is 0 Å². The Bertz CT molecular complexity index is 301. The van der Waals surface area contributed by atoms with Crippen molar-refractivity contribution < 1.29 is 36.1 Å². The van der Waals surface area contributed by atoms with Gasteiger partial charge in [-0.1, -0.05) is 0 Å². The van der Waals surface area contributed by atoms with E-state index in [2.05, 4.69) is 15.4 Å². The molecule has 0 spiro atoms. The monoisotopic (exact) mass is 278 g/mol. The quantitative estimate of drug-likeness (QED) is 0.204. The van der Waals surface area contributed by atoms with Crippen molar-refractivity contribution in [3.8, 4) is 0 Å². The Kier molecular flexibility index (Phi) is 11.8. The molecule has 0 rings (SSSR count). The van der Waals surface area contributed by atoms with E-state index in [1.54, 1.807) is 0 Å². The van der Waals surface area contributed by atoms with E-state index in [9.17, 15) is 13.0 Å². The fraction of sp³-hybridized carbons (Fsp3) is 0. The number of carbonyl (C=O) groups is 1. The first kappa shape index (κ1) is 20.4. The second kappa shape index (κ2) is 8.12. The van der Waals surface area contributed by atoms with Crippen molar-refractivity contribution in [3.05, 3.63) is 0 Å². The van der Waals surface area contributed by atoms with Crippen LogP contribution in [0.4, 0.5) is 4.79 Å². The van der Waals surface area contributed by atoms with Crippen LogP contribution in [0.1, 0.15) is 0 Å². The summed E-state index contributed by atoms with van der Waals surface area (Å²) < 4.78 is 39.0. The van der Waals surface area contributed by atoms with Crippen molar-refractivity contribution in [2.75, 3.05) is 0 Å². The van der Waals surface area contributed by atoms with Gasteiger partial charge in [0.1, 0.15) is 0 Å². The molecule has 0 saturated carbocycles. The van der Waals surface area contributed by atoms with Gasteiger partial charge in [0.2, 0.25) is 0 Å². The first-order chi connectivity index (χ1) is 5.44. The molecule has 13 heteroatoms. The van der Waals surface area contributed by atoms with Gasteiger partial charge in [-0.05, 0) is 0 Å². The van der Waals surface area contributed by atoms with Crippen LogP contribution in [-0.2, 0) is 18.9 Å². The van der Waals surface area contributed by atoms with Gasteiger partial charge in [0.15, 0.2) is 0 Å². The predicted octanol–water partition coefficient (Wildman–Crippen LogP) is -2.73. The molecule has 10 nitrogen and oxygen atoms in total. The topological polar surface area (TPSA) is 190 Å². The van der Waals surface area contributed by atoms with E-state index in [-0.39, 0.29) is 51.4 Å². The van der Waals surface area contributed by atoms with E-state index in [1.165, 1.54) is 0 Å². The summed E-state index contributed by atoms with van der Waals surface area (Å²) in [6, 6.07) is -0.833. The Labute approximate surface area is 122 Å². The third kappa shape index (κ3) is 38.3. The molecular formula is CH8KN2O8PS. The van der Waals surface area contributed by atoms with Crippen LogP contribution in [0.25, 0.3) is 0 Å². The molecule has 0 bridgehead atoms. The summed E-state index contributed by atoms with van der Waals surface area (Å²) in [7, 11) is -10.2. The maximum absolute atomic E-state index is 9.58.